The molecule has 2 amide bonds. The molecular formula is C19H19F2N3O2. The highest BCUT2D eigenvalue weighted by Gasteiger charge is 2.40. The molecule has 2 aromatic rings. The number of nitrogens with one attached hydrogen (secondary N) is 2. The number of carbonyl (C=O) groups excluding carboxylic acids is 2. The second kappa shape index (κ2) is 6.74. The highest BCUT2D eigenvalue weighted by molar-refractivity contribution is 6.08. The van der Waals surface area contributed by atoms with Gasteiger partial charge in [-0.1, -0.05) is 12.1 Å². The lowest BCUT2D eigenvalue weighted by molar-refractivity contribution is -0.125. The smallest absolute Gasteiger partial charge is 0.253 e. The van der Waals surface area contributed by atoms with Gasteiger partial charge in [0.15, 0.2) is 0 Å². The number of benzene rings is 2. The fraction of sp³-hybridized carbons (Fsp3) is 0.263. The first-order valence-corrected chi connectivity index (χ1v) is 8.20. The van der Waals surface area contributed by atoms with Crippen LogP contribution in [0.2, 0.25) is 0 Å². The highest BCUT2D eigenvalue weighted by Crippen LogP contribution is 2.42. The van der Waals surface area contributed by atoms with Crippen molar-refractivity contribution < 1.29 is 18.4 Å². The molecule has 1 unspecified atom stereocenters. The Kier molecular flexibility index (Phi) is 4.63. The number of nitrogens with zero attached hydrogens (tertiary/aromatic N) is 1. The molecule has 1 aliphatic heterocycles. The summed E-state index contributed by atoms with van der Waals surface area (Å²) in [5.41, 5.74) is 4.85. The molecule has 3 rings (SSSR count). The Balaban J connectivity index is 2.06. The Bertz CT molecular complexity index is 899. The van der Waals surface area contributed by atoms with Gasteiger partial charge in [0, 0.05) is 24.6 Å². The van der Waals surface area contributed by atoms with E-state index < -0.39 is 17.6 Å². The second-order valence-corrected chi connectivity index (χ2v) is 6.24. The van der Waals surface area contributed by atoms with E-state index >= 15 is 0 Å². The van der Waals surface area contributed by atoms with E-state index in [0.717, 1.165) is 0 Å². The predicted octanol–water partition coefficient (Wildman–Crippen LogP) is 3.18. The summed E-state index contributed by atoms with van der Waals surface area (Å²) >= 11 is 0. The van der Waals surface area contributed by atoms with Gasteiger partial charge in [-0.3, -0.25) is 15.0 Å². The number of hydrogen-bond acceptors (Lipinski definition) is 3. The zero-order valence-corrected chi connectivity index (χ0v) is 14.7. The van der Waals surface area contributed by atoms with Gasteiger partial charge in [-0.25, -0.2) is 13.8 Å². The third kappa shape index (κ3) is 2.89. The largest absolute Gasteiger partial charge is 0.359 e. The molecule has 1 atom stereocenters. The van der Waals surface area contributed by atoms with Crippen molar-refractivity contribution in [3.05, 3.63) is 58.7 Å². The molecule has 0 radical (unpaired) electrons. The van der Waals surface area contributed by atoms with Crippen LogP contribution in [0, 0.1) is 25.5 Å². The molecule has 2 N–H and O–H groups in total. The summed E-state index contributed by atoms with van der Waals surface area (Å²) in [4.78, 5) is 24.8. The van der Waals surface area contributed by atoms with E-state index in [0.29, 0.717) is 22.5 Å². The van der Waals surface area contributed by atoms with Gasteiger partial charge in [-0.2, -0.15) is 0 Å². The fourth-order valence-corrected chi connectivity index (χ4v) is 3.12. The molecule has 0 saturated carbocycles. The lowest BCUT2D eigenvalue weighted by Crippen LogP contribution is -2.36. The first kappa shape index (κ1) is 17.8. The monoisotopic (exact) mass is 359 g/mol. The highest BCUT2D eigenvalue weighted by atomic mass is 19.1. The molecule has 1 aliphatic rings. The lowest BCUT2D eigenvalue weighted by atomic mass is 9.95. The summed E-state index contributed by atoms with van der Waals surface area (Å²) in [7, 11) is 1.49. The average molecular weight is 359 g/mol. The van der Waals surface area contributed by atoms with Crippen LogP contribution in [0.25, 0.3) is 0 Å². The van der Waals surface area contributed by atoms with Crippen LogP contribution in [0.4, 0.5) is 20.2 Å². The Morgan fingerprint density at radius 2 is 1.81 bits per heavy atom. The van der Waals surface area contributed by atoms with Gasteiger partial charge in [0.05, 0.1) is 17.3 Å². The maximum Gasteiger partial charge on any atom is 0.253 e. The Morgan fingerprint density at radius 1 is 1.12 bits per heavy atom. The summed E-state index contributed by atoms with van der Waals surface area (Å²) in [5.74, 6) is -2.29. The van der Waals surface area contributed by atoms with E-state index in [-0.39, 0.29) is 23.8 Å². The molecule has 0 aliphatic carbocycles. The van der Waals surface area contributed by atoms with Crippen molar-refractivity contribution >= 4 is 23.2 Å². The molecule has 0 saturated heterocycles. The number of anilines is 2. The van der Waals surface area contributed by atoms with Crippen LogP contribution in [0.15, 0.2) is 30.3 Å². The van der Waals surface area contributed by atoms with Gasteiger partial charge in [0.1, 0.15) is 11.6 Å². The number of hydrazine groups is 1. The third-order valence-electron chi connectivity index (χ3n) is 4.68. The minimum Gasteiger partial charge on any atom is -0.359 e. The summed E-state index contributed by atoms with van der Waals surface area (Å²) in [5, 5.41) is 3.71. The van der Waals surface area contributed by atoms with Crippen molar-refractivity contribution in [2.75, 3.05) is 17.5 Å². The molecule has 0 bridgehead atoms. The Morgan fingerprint density at radius 3 is 2.50 bits per heavy atom. The normalized spacial score (nSPS) is 15.8. The van der Waals surface area contributed by atoms with E-state index in [1.165, 1.54) is 36.3 Å². The van der Waals surface area contributed by atoms with Crippen LogP contribution < -0.4 is 15.8 Å². The Hall–Kier alpha value is -2.96. The van der Waals surface area contributed by atoms with Gasteiger partial charge < -0.3 is 5.32 Å². The maximum atomic E-state index is 14.1. The number of carbonyl (C=O) groups is 2. The van der Waals surface area contributed by atoms with Crippen LogP contribution in [0.3, 0.4) is 0 Å². The number of hydrogen-bond donors (Lipinski definition) is 2. The second-order valence-electron chi connectivity index (χ2n) is 6.24. The number of rotatable bonds is 4. The van der Waals surface area contributed by atoms with Crippen molar-refractivity contribution in [3.63, 3.8) is 0 Å². The topological polar surface area (TPSA) is 61.4 Å². The summed E-state index contributed by atoms with van der Waals surface area (Å²) < 4.78 is 27.9. The first-order valence-electron chi connectivity index (χ1n) is 8.20. The summed E-state index contributed by atoms with van der Waals surface area (Å²) in [6.45, 7) is 3.15. The van der Waals surface area contributed by atoms with Gasteiger partial charge in [-0.05, 0) is 37.6 Å². The number of amides is 2. The van der Waals surface area contributed by atoms with Crippen LogP contribution in [0.5, 0.6) is 0 Å². The SMILES string of the molecule is CNC(=O)CC1C(=O)N(Nc2cccc(F)c2C)c2c1ccc(F)c2C. The van der Waals surface area contributed by atoms with E-state index in [1.54, 1.807) is 19.9 Å². The quantitative estimate of drug-likeness (QED) is 0.881. The minimum absolute atomic E-state index is 0.0479. The number of fused-ring (bicyclic) bond motifs is 1. The van der Waals surface area contributed by atoms with Crippen LogP contribution in [-0.2, 0) is 9.59 Å². The van der Waals surface area contributed by atoms with Crippen molar-refractivity contribution in [2.45, 2.75) is 26.2 Å². The van der Waals surface area contributed by atoms with Crippen molar-refractivity contribution in [2.24, 2.45) is 0 Å². The summed E-state index contributed by atoms with van der Waals surface area (Å²) in [6, 6.07) is 7.27. The zero-order chi connectivity index (χ0) is 19.0. The summed E-state index contributed by atoms with van der Waals surface area (Å²) in [6.07, 6.45) is -0.0479. The van der Waals surface area contributed by atoms with E-state index in [1.807, 2.05) is 0 Å². The van der Waals surface area contributed by atoms with Gasteiger partial charge >= 0.3 is 0 Å². The molecule has 5 nitrogen and oxygen atoms in total. The molecule has 0 fully saturated rings. The van der Waals surface area contributed by atoms with Gasteiger partial charge in [0.2, 0.25) is 5.91 Å². The van der Waals surface area contributed by atoms with Crippen LogP contribution in [0.1, 0.15) is 29.0 Å². The third-order valence-corrected chi connectivity index (χ3v) is 4.68. The molecule has 0 spiro atoms. The number of halogens is 2. The molecule has 26 heavy (non-hydrogen) atoms. The van der Waals surface area contributed by atoms with Gasteiger partial charge in [0.25, 0.3) is 5.91 Å². The standard InChI is InChI=1S/C19H19F2N3O2/c1-10-14(20)5-4-6-16(10)23-24-18-11(2)15(21)8-7-12(18)13(19(24)26)9-17(25)22-3/h4-8,13,23H,9H2,1-3H3,(H,22,25). The molecule has 136 valence electrons. The fourth-order valence-electron chi connectivity index (χ4n) is 3.12. The molecule has 7 heteroatoms. The molecule has 0 aromatic heterocycles. The molecular weight excluding hydrogens is 340 g/mol. The minimum atomic E-state index is -0.731. The van der Waals surface area contributed by atoms with E-state index in [2.05, 4.69) is 10.7 Å². The van der Waals surface area contributed by atoms with Gasteiger partial charge in [-0.15, -0.1) is 0 Å². The Labute approximate surface area is 150 Å². The predicted molar refractivity (Wildman–Crippen MR) is 94.8 cm³/mol. The maximum absolute atomic E-state index is 14.1. The van der Waals surface area contributed by atoms with Crippen molar-refractivity contribution in [3.8, 4) is 0 Å². The van der Waals surface area contributed by atoms with E-state index in [9.17, 15) is 18.4 Å². The van der Waals surface area contributed by atoms with Crippen molar-refractivity contribution in [1.82, 2.24) is 5.32 Å². The van der Waals surface area contributed by atoms with Crippen molar-refractivity contribution in [1.29, 1.82) is 0 Å². The lowest BCUT2D eigenvalue weighted by Gasteiger charge is -2.23. The molecule has 2 aromatic carbocycles. The molecule has 1 heterocycles. The van der Waals surface area contributed by atoms with Crippen LogP contribution in [-0.4, -0.2) is 18.9 Å². The van der Waals surface area contributed by atoms with Crippen LogP contribution >= 0.6 is 0 Å². The average Bonchev–Trinajstić information content (AvgIpc) is 2.88. The van der Waals surface area contributed by atoms with E-state index in [4.69, 9.17) is 0 Å². The first-order chi connectivity index (χ1) is 12.3. The zero-order valence-electron chi connectivity index (χ0n) is 14.7.